The molecule has 1 atom stereocenters. The van der Waals surface area contributed by atoms with Crippen molar-refractivity contribution in [3.63, 3.8) is 0 Å². The van der Waals surface area contributed by atoms with Crippen molar-refractivity contribution in [3.05, 3.63) is 29.8 Å². The van der Waals surface area contributed by atoms with Crippen molar-refractivity contribution in [1.82, 2.24) is 9.80 Å². The molecule has 0 spiro atoms. The lowest BCUT2D eigenvalue weighted by Crippen LogP contribution is -2.37. The van der Waals surface area contributed by atoms with Crippen LogP contribution in [0.2, 0.25) is 0 Å². The van der Waals surface area contributed by atoms with Crippen LogP contribution in [0.5, 0.6) is 5.75 Å². The number of carbonyl (C=O) groups excluding carboxylic acids is 1. The molecule has 0 aliphatic carbocycles. The minimum absolute atomic E-state index is 0.209. The van der Waals surface area contributed by atoms with Crippen molar-refractivity contribution < 1.29 is 9.53 Å². The third-order valence-corrected chi connectivity index (χ3v) is 4.36. The van der Waals surface area contributed by atoms with Crippen LogP contribution in [-0.2, 0) is 11.3 Å². The van der Waals surface area contributed by atoms with Crippen molar-refractivity contribution in [2.24, 2.45) is 5.92 Å². The molecule has 0 bridgehead atoms. The first kappa shape index (κ1) is 16.8. The quantitative estimate of drug-likeness (QED) is 0.810. The first-order chi connectivity index (χ1) is 10.6. The molecule has 122 valence electrons. The molecular weight excluding hydrogens is 276 g/mol. The topological polar surface area (TPSA) is 32.8 Å². The van der Waals surface area contributed by atoms with Gasteiger partial charge in [0, 0.05) is 33.1 Å². The van der Waals surface area contributed by atoms with Crippen molar-refractivity contribution in [1.29, 1.82) is 0 Å². The lowest BCUT2D eigenvalue weighted by molar-refractivity contribution is -0.130. The molecule has 1 aliphatic rings. The first-order valence-corrected chi connectivity index (χ1v) is 8.17. The average Bonchev–Trinajstić information content (AvgIpc) is 2.52. The third-order valence-electron chi connectivity index (χ3n) is 4.36. The van der Waals surface area contributed by atoms with Gasteiger partial charge in [-0.1, -0.05) is 19.1 Å². The van der Waals surface area contributed by atoms with Crippen LogP contribution < -0.4 is 4.74 Å². The fraction of sp³-hybridized carbons (Fsp3) is 0.611. The summed E-state index contributed by atoms with van der Waals surface area (Å²) < 4.78 is 5.22. The Labute approximate surface area is 134 Å². The SMILES string of the molecule is COc1cccc(CN(C)C(=O)CCN2CCCC(C)C2)c1. The van der Waals surface area contributed by atoms with Crippen LogP contribution in [0, 0.1) is 5.92 Å². The molecule has 4 heteroatoms. The van der Waals surface area contributed by atoms with Gasteiger partial charge in [0.15, 0.2) is 0 Å². The van der Waals surface area contributed by atoms with Crippen LogP contribution in [-0.4, -0.2) is 49.5 Å². The highest BCUT2D eigenvalue weighted by molar-refractivity contribution is 5.76. The Hall–Kier alpha value is -1.55. The molecular formula is C18H28N2O2. The Morgan fingerprint density at radius 3 is 3.00 bits per heavy atom. The van der Waals surface area contributed by atoms with Gasteiger partial charge in [0.25, 0.3) is 0 Å². The Morgan fingerprint density at radius 2 is 2.27 bits per heavy atom. The second-order valence-electron chi connectivity index (χ2n) is 6.40. The zero-order valence-electron chi connectivity index (χ0n) is 14.0. The van der Waals surface area contributed by atoms with Crippen LogP contribution in [0.1, 0.15) is 31.7 Å². The zero-order valence-corrected chi connectivity index (χ0v) is 14.0. The lowest BCUT2D eigenvalue weighted by Gasteiger charge is -2.31. The monoisotopic (exact) mass is 304 g/mol. The van der Waals surface area contributed by atoms with Gasteiger partial charge in [-0.15, -0.1) is 0 Å². The summed E-state index contributed by atoms with van der Waals surface area (Å²) in [5.41, 5.74) is 1.10. The summed E-state index contributed by atoms with van der Waals surface area (Å²) in [4.78, 5) is 16.5. The summed E-state index contributed by atoms with van der Waals surface area (Å²) in [6, 6.07) is 7.89. The standard InChI is InChI=1S/C18H28N2O2/c1-15-6-5-10-20(13-15)11-9-18(21)19(2)14-16-7-4-8-17(12-16)22-3/h4,7-8,12,15H,5-6,9-11,13-14H2,1-3H3. The predicted molar refractivity (Wildman–Crippen MR) is 88.9 cm³/mol. The Kier molecular flexibility index (Phi) is 6.25. The number of methoxy groups -OCH3 is 1. The molecule has 1 aliphatic heterocycles. The zero-order chi connectivity index (χ0) is 15.9. The fourth-order valence-electron chi connectivity index (χ4n) is 3.07. The average molecular weight is 304 g/mol. The number of piperidine rings is 1. The van der Waals surface area contributed by atoms with Gasteiger partial charge in [0.2, 0.25) is 5.91 Å². The summed E-state index contributed by atoms with van der Waals surface area (Å²) in [5.74, 6) is 1.81. The molecule has 22 heavy (non-hydrogen) atoms. The summed E-state index contributed by atoms with van der Waals surface area (Å²) in [6.07, 6.45) is 3.18. The summed E-state index contributed by atoms with van der Waals surface area (Å²) >= 11 is 0. The van der Waals surface area contributed by atoms with Crippen molar-refractivity contribution >= 4 is 5.91 Å². The molecule has 1 aromatic rings. The molecule has 1 fully saturated rings. The second kappa shape index (κ2) is 8.18. The number of likely N-dealkylation sites (tertiary alicyclic amines) is 1. The van der Waals surface area contributed by atoms with E-state index in [2.05, 4.69) is 11.8 Å². The maximum absolute atomic E-state index is 12.3. The van der Waals surface area contributed by atoms with Gasteiger partial charge in [0.05, 0.1) is 7.11 Å². The number of nitrogens with zero attached hydrogens (tertiary/aromatic N) is 2. The number of amides is 1. The van der Waals surface area contributed by atoms with Gasteiger partial charge in [-0.25, -0.2) is 0 Å². The number of hydrogen-bond donors (Lipinski definition) is 0. The van der Waals surface area contributed by atoms with Crippen LogP contribution in [0.3, 0.4) is 0 Å². The van der Waals surface area contributed by atoms with Crippen molar-refractivity contribution in [2.75, 3.05) is 33.8 Å². The third kappa shape index (κ3) is 5.02. The van der Waals surface area contributed by atoms with Gasteiger partial charge < -0.3 is 14.5 Å². The number of hydrogen-bond acceptors (Lipinski definition) is 3. The van der Waals surface area contributed by atoms with Crippen LogP contribution in [0.4, 0.5) is 0 Å². The Bertz CT molecular complexity index is 490. The first-order valence-electron chi connectivity index (χ1n) is 8.17. The van der Waals surface area contributed by atoms with Gasteiger partial charge in [-0.05, 0) is 43.0 Å². The van der Waals surface area contributed by atoms with E-state index < -0.39 is 0 Å². The molecule has 2 rings (SSSR count). The number of rotatable bonds is 6. The molecule has 4 nitrogen and oxygen atoms in total. The van der Waals surface area contributed by atoms with E-state index in [4.69, 9.17) is 4.74 Å². The largest absolute Gasteiger partial charge is 0.497 e. The Morgan fingerprint density at radius 1 is 1.45 bits per heavy atom. The van der Waals surface area contributed by atoms with E-state index >= 15 is 0 Å². The van der Waals surface area contributed by atoms with E-state index in [0.717, 1.165) is 36.9 Å². The molecule has 0 radical (unpaired) electrons. The van der Waals surface area contributed by atoms with Gasteiger partial charge in [0.1, 0.15) is 5.75 Å². The molecule has 0 saturated carbocycles. The smallest absolute Gasteiger partial charge is 0.223 e. The normalized spacial score (nSPS) is 19.0. The van der Waals surface area contributed by atoms with E-state index in [1.807, 2.05) is 36.2 Å². The van der Waals surface area contributed by atoms with Gasteiger partial charge in [-0.3, -0.25) is 4.79 Å². The van der Waals surface area contributed by atoms with Gasteiger partial charge >= 0.3 is 0 Å². The van der Waals surface area contributed by atoms with Crippen molar-refractivity contribution in [3.8, 4) is 5.75 Å². The highest BCUT2D eigenvalue weighted by Gasteiger charge is 2.18. The maximum atomic E-state index is 12.3. The molecule has 1 amide bonds. The number of carbonyl (C=O) groups is 1. The van der Waals surface area contributed by atoms with E-state index in [-0.39, 0.29) is 5.91 Å². The molecule has 1 saturated heterocycles. The maximum Gasteiger partial charge on any atom is 0.223 e. The summed E-state index contributed by atoms with van der Waals surface area (Å²) in [7, 11) is 3.54. The van der Waals surface area contributed by atoms with Crippen LogP contribution in [0.25, 0.3) is 0 Å². The molecule has 1 aromatic carbocycles. The van der Waals surface area contributed by atoms with E-state index in [1.54, 1.807) is 7.11 Å². The van der Waals surface area contributed by atoms with Gasteiger partial charge in [-0.2, -0.15) is 0 Å². The highest BCUT2D eigenvalue weighted by Crippen LogP contribution is 2.16. The molecule has 1 heterocycles. The second-order valence-corrected chi connectivity index (χ2v) is 6.40. The Balaban J connectivity index is 1.78. The van der Waals surface area contributed by atoms with E-state index in [0.29, 0.717) is 13.0 Å². The summed E-state index contributed by atoms with van der Waals surface area (Å²) in [6.45, 7) is 6.07. The van der Waals surface area contributed by atoms with E-state index in [1.165, 1.54) is 12.8 Å². The van der Waals surface area contributed by atoms with E-state index in [9.17, 15) is 4.79 Å². The van der Waals surface area contributed by atoms with Crippen molar-refractivity contribution in [2.45, 2.75) is 32.7 Å². The lowest BCUT2D eigenvalue weighted by atomic mass is 10.0. The highest BCUT2D eigenvalue weighted by atomic mass is 16.5. The van der Waals surface area contributed by atoms with Crippen LogP contribution >= 0.6 is 0 Å². The fourth-order valence-corrected chi connectivity index (χ4v) is 3.07. The number of benzene rings is 1. The molecule has 1 unspecified atom stereocenters. The minimum Gasteiger partial charge on any atom is -0.497 e. The predicted octanol–water partition coefficient (Wildman–Crippen LogP) is 2.78. The minimum atomic E-state index is 0.209. The molecule has 0 aromatic heterocycles. The van der Waals surface area contributed by atoms with Crippen LogP contribution in [0.15, 0.2) is 24.3 Å². The molecule has 0 N–H and O–H groups in total. The summed E-state index contributed by atoms with van der Waals surface area (Å²) in [5, 5.41) is 0. The number of ether oxygens (including phenoxy) is 1.